The Labute approximate surface area is 183 Å². The second kappa shape index (κ2) is 7.79. The molecule has 0 atom stereocenters. The lowest BCUT2D eigenvalue weighted by Gasteiger charge is -2.16. The Bertz CT molecular complexity index is 1520. The quantitative estimate of drug-likeness (QED) is 0.498. The average molecular weight is 456 g/mol. The number of rotatable bonds is 5. The third-order valence-electron chi connectivity index (χ3n) is 5.10. The molecule has 0 bridgehead atoms. The maximum absolute atomic E-state index is 14.5. The minimum Gasteiger partial charge on any atom is -0.496 e. The van der Waals surface area contributed by atoms with Gasteiger partial charge in [0.15, 0.2) is 5.82 Å². The summed E-state index contributed by atoms with van der Waals surface area (Å²) in [6.45, 7) is 0. The first-order valence-electron chi connectivity index (χ1n) is 9.55. The molecule has 0 spiro atoms. The Morgan fingerprint density at radius 3 is 2.41 bits per heavy atom. The lowest BCUT2D eigenvalue weighted by atomic mass is 9.96. The van der Waals surface area contributed by atoms with Gasteiger partial charge in [0.25, 0.3) is 5.56 Å². The molecular formula is C22H21FN4O4S. The highest BCUT2D eigenvalue weighted by atomic mass is 32.2. The molecule has 4 aromatic rings. The van der Waals surface area contributed by atoms with Crippen LogP contribution in [0.3, 0.4) is 0 Å². The van der Waals surface area contributed by atoms with E-state index in [1.807, 2.05) is 25.4 Å². The van der Waals surface area contributed by atoms with Crippen molar-refractivity contribution in [1.82, 2.24) is 14.3 Å². The van der Waals surface area contributed by atoms with Crippen LogP contribution in [0, 0.1) is 5.82 Å². The Morgan fingerprint density at radius 1 is 1.03 bits per heavy atom. The molecule has 0 aliphatic rings. The Morgan fingerprint density at radius 2 is 1.78 bits per heavy atom. The van der Waals surface area contributed by atoms with Crippen LogP contribution >= 0.6 is 0 Å². The molecule has 0 unspecified atom stereocenters. The van der Waals surface area contributed by atoms with E-state index >= 15 is 0 Å². The second-order valence-corrected chi connectivity index (χ2v) is 9.28. The van der Waals surface area contributed by atoms with Crippen LogP contribution in [0.2, 0.25) is 0 Å². The maximum Gasteiger partial charge on any atom is 0.258 e. The summed E-state index contributed by atoms with van der Waals surface area (Å²) in [4.78, 5) is 12.8. The van der Waals surface area contributed by atoms with Gasteiger partial charge in [0.1, 0.15) is 5.75 Å². The molecule has 0 aliphatic carbocycles. The van der Waals surface area contributed by atoms with Crippen LogP contribution in [0.25, 0.3) is 33.0 Å². The highest BCUT2D eigenvalue weighted by Crippen LogP contribution is 2.38. The van der Waals surface area contributed by atoms with Gasteiger partial charge in [-0.2, -0.15) is 5.10 Å². The van der Waals surface area contributed by atoms with Gasteiger partial charge < -0.3 is 9.30 Å². The Kier molecular flexibility index (Phi) is 5.25. The fourth-order valence-electron chi connectivity index (χ4n) is 3.64. The van der Waals surface area contributed by atoms with Gasteiger partial charge in [0, 0.05) is 54.6 Å². The fraction of sp³-hybridized carbons (Fsp3) is 0.182. The predicted octanol–water partition coefficient (Wildman–Crippen LogP) is 3.13. The molecule has 1 N–H and O–H groups in total. The van der Waals surface area contributed by atoms with Crippen molar-refractivity contribution in [3.8, 4) is 28.0 Å². The molecule has 0 saturated heterocycles. The second-order valence-electron chi connectivity index (χ2n) is 7.53. The van der Waals surface area contributed by atoms with Crippen LogP contribution in [0.5, 0.6) is 5.75 Å². The van der Waals surface area contributed by atoms with Gasteiger partial charge in [-0.1, -0.05) is 6.07 Å². The number of aryl methyl sites for hydroxylation is 2. The third kappa shape index (κ3) is 3.96. The summed E-state index contributed by atoms with van der Waals surface area (Å²) in [7, 11) is 1.11. The van der Waals surface area contributed by atoms with E-state index in [4.69, 9.17) is 4.74 Å². The molecule has 8 nitrogen and oxygen atoms in total. The molecule has 32 heavy (non-hydrogen) atoms. The number of hydrogen-bond acceptors (Lipinski definition) is 5. The number of fused-ring (bicyclic) bond motifs is 1. The van der Waals surface area contributed by atoms with Crippen LogP contribution in [-0.2, 0) is 24.1 Å². The lowest BCUT2D eigenvalue weighted by Crippen LogP contribution is -2.17. The maximum atomic E-state index is 14.5. The highest BCUT2D eigenvalue weighted by Gasteiger charge is 2.18. The normalized spacial score (nSPS) is 11.7. The van der Waals surface area contributed by atoms with Gasteiger partial charge in [0.2, 0.25) is 10.0 Å². The van der Waals surface area contributed by atoms with Crippen LogP contribution in [-0.4, -0.2) is 36.1 Å². The Balaban J connectivity index is 2.04. The summed E-state index contributed by atoms with van der Waals surface area (Å²) in [5, 5.41) is 5.27. The lowest BCUT2D eigenvalue weighted by molar-refractivity contribution is 0.413. The number of pyridine rings is 1. The van der Waals surface area contributed by atoms with Crippen molar-refractivity contribution in [3.05, 3.63) is 65.1 Å². The first-order valence-corrected chi connectivity index (χ1v) is 11.4. The zero-order chi connectivity index (χ0) is 23.2. The number of benzene rings is 2. The molecule has 0 aliphatic heterocycles. The van der Waals surface area contributed by atoms with Crippen LogP contribution < -0.4 is 15.0 Å². The average Bonchev–Trinajstić information content (AvgIpc) is 3.17. The molecule has 0 fully saturated rings. The predicted molar refractivity (Wildman–Crippen MR) is 122 cm³/mol. The summed E-state index contributed by atoms with van der Waals surface area (Å²) < 4.78 is 48.6. The fourth-order valence-corrected chi connectivity index (χ4v) is 4.20. The smallest absolute Gasteiger partial charge is 0.258 e. The van der Waals surface area contributed by atoms with Gasteiger partial charge in [0.05, 0.1) is 25.2 Å². The minimum atomic E-state index is -3.71. The summed E-state index contributed by atoms with van der Waals surface area (Å²) >= 11 is 0. The number of anilines is 1. The molecule has 0 amide bonds. The van der Waals surface area contributed by atoms with E-state index < -0.39 is 15.8 Å². The summed E-state index contributed by atoms with van der Waals surface area (Å²) in [6, 6.07) is 7.91. The first kappa shape index (κ1) is 21.6. The van der Waals surface area contributed by atoms with Gasteiger partial charge in [-0.05, 0) is 29.1 Å². The van der Waals surface area contributed by atoms with Gasteiger partial charge >= 0.3 is 0 Å². The van der Waals surface area contributed by atoms with Crippen LogP contribution in [0.15, 0.2) is 53.7 Å². The Hall–Kier alpha value is -3.66. The number of sulfonamides is 1. The van der Waals surface area contributed by atoms with Crippen molar-refractivity contribution in [2.24, 2.45) is 14.1 Å². The zero-order valence-corrected chi connectivity index (χ0v) is 18.7. The van der Waals surface area contributed by atoms with Crippen LogP contribution in [0.1, 0.15) is 0 Å². The van der Waals surface area contributed by atoms with Crippen molar-refractivity contribution >= 4 is 26.5 Å². The number of halogens is 1. The van der Waals surface area contributed by atoms with Crippen molar-refractivity contribution in [2.75, 3.05) is 18.1 Å². The topological polar surface area (TPSA) is 95.2 Å². The summed E-state index contributed by atoms with van der Waals surface area (Å²) in [5.74, 6) is -0.575. The number of nitrogens with one attached hydrogen (secondary N) is 1. The third-order valence-corrected chi connectivity index (χ3v) is 5.69. The van der Waals surface area contributed by atoms with Gasteiger partial charge in [-0.25, -0.2) is 12.8 Å². The number of aromatic nitrogens is 3. The monoisotopic (exact) mass is 456 g/mol. The number of ether oxygens (including phenoxy) is 1. The molecule has 2 aromatic heterocycles. The van der Waals surface area contributed by atoms with E-state index in [-0.39, 0.29) is 17.0 Å². The molecule has 0 radical (unpaired) electrons. The molecule has 2 aromatic carbocycles. The number of nitrogens with zero attached hydrogens (tertiary/aromatic N) is 3. The van der Waals surface area contributed by atoms with E-state index in [0.717, 1.165) is 23.4 Å². The molecule has 166 valence electrons. The van der Waals surface area contributed by atoms with E-state index in [9.17, 15) is 17.6 Å². The number of methoxy groups -OCH3 is 1. The minimum absolute atomic E-state index is 0.197. The summed E-state index contributed by atoms with van der Waals surface area (Å²) in [5.41, 5.74) is 2.32. The zero-order valence-electron chi connectivity index (χ0n) is 17.9. The van der Waals surface area contributed by atoms with Crippen molar-refractivity contribution < 1.29 is 17.5 Å². The first-order chi connectivity index (χ1) is 15.1. The van der Waals surface area contributed by atoms with E-state index in [2.05, 4.69) is 9.82 Å². The van der Waals surface area contributed by atoms with Gasteiger partial charge in [-0.3, -0.25) is 14.2 Å². The molecule has 4 rings (SSSR count). The van der Waals surface area contributed by atoms with Crippen molar-refractivity contribution in [2.45, 2.75) is 0 Å². The largest absolute Gasteiger partial charge is 0.496 e. The van der Waals surface area contributed by atoms with E-state index in [1.54, 1.807) is 30.2 Å². The van der Waals surface area contributed by atoms with Crippen LogP contribution in [0.4, 0.5) is 10.1 Å². The standard InChI is InChI=1S/C22H21FN4O4S/c1-26-12-18(17-8-20(25-32(4,29)30)19(23)9-21(17)31-3)16-7-13(5-6-15(16)22(26)28)14-10-24-27(2)11-14/h5-12,25H,1-4H3. The molecule has 10 heteroatoms. The van der Waals surface area contributed by atoms with Crippen molar-refractivity contribution in [1.29, 1.82) is 0 Å². The highest BCUT2D eigenvalue weighted by molar-refractivity contribution is 7.92. The number of hydrogen-bond donors (Lipinski definition) is 1. The summed E-state index contributed by atoms with van der Waals surface area (Å²) in [6.07, 6.45) is 6.14. The van der Waals surface area contributed by atoms with E-state index in [0.29, 0.717) is 21.9 Å². The van der Waals surface area contributed by atoms with E-state index in [1.165, 1.54) is 17.7 Å². The molecule has 2 heterocycles. The SMILES string of the molecule is COc1cc(F)c(NS(C)(=O)=O)cc1-c1cn(C)c(=O)c2ccc(-c3cnn(C)c3)cc12. The molecular weight excluding hydrogens is 435 g/mol. The van der Waals surface area contributed by atoms with Gasteiger partial charge in [-0.15, -0.1) is 0 Å². The molecule has 0 saturated carbocycles. The van der Waals surface area contributed by atoms with Crippen molar-refractivity contribution in [3.63, 3.8) is 0 Å².